The van der Waals surface area contributed by atoms with Gasteiger partial charge in [-0.05, 0) is 6.92 Å². The predicted molar refractivity (Wildman–Crippen MR) is 20.3 cm³/mol. The van der Waals surface area contributed by atoms with E-state index in [-0.39, 0.29) is 0 Å². The quantitative estimate of drug-likeness (QED) is 0.410. The minimum Gasteiger partial charge on any atom is -0.0933 e. The number of hydrogen-bond donors (Lipinski definition) is 0. The van der Waals surface area contributed by atoms with E-state index in [1.54, 1.807) is 0 Å². The zero-order valence-corrected chi connectivity index (χ0v) is 3.00. The third kappa shape index (κ3) is 2.03. The zero-order chi connectivity index (χ0) is 3.41. The van der Waals surface area contributed by atoms with Crippen LogP contribution in [0.4, 0.5) is 0 Å². The van der Waals surface area contributed by atoms with Crippen molar-refractivity contribution in [3.8, 4) is 0 Å². The highest BCUT2D eigenvalue weighted by molar-refractivity contribution is 6.25. The monoisotopic (exact) mass is 75.0 g/mol. The van der Waals surface area contributed by atoms with Crippen molar-refractivity contribution < 1.29 is 0 Å². The number of hydrogen-bond acceptors (Lipinski definition) is 0. The Balaban J connectivity index is 2.55. The minimum atomic E-state index is 1.36. The molecular weight excluding hydrogens is 71.5 g/mol. The van der Waals surface area contributed by atoms with Crippen LogP contribution in [0.5, 0.6) is 0 Å². The summed E-state index contributed by atoms with van der Waals surface area (Å²) in [6.45, 7) is 3.29. The largest absolute Gasteiger partial charge is 0.0933 e. The van der Waals surface area contributed by atoms with Gasteiger partial charge in [-0.1, -0.05) is 17.7 Å². The number of rotatable bonds is 0. The minimum absolute atomic E-state index is 1.36. The lowest BCUT2D eigenvalue weighted by Gasteiger charge is -1.46. The number of halogens is 1. The van der Waals surface area contributed by atoms with Crippen molar-refractivity contribution in [3.05, 3.63) is 18.5 Å². The molecule has 0 aromatic rings. The molecule has 1 radical (unpaired) electrons. The lowest BCUT2D eigenvalue weighted by molar-refractivity contribution is 2.15. The van der Waals surface area contributed by atoms with E-state index in [1.165, 1.54) is 11.6 Å². The van der Waals surface area contributed by atoms with Gasteiger partial charge in [0.15, 0.2) is 0 Å². The van der Waals surface area contributed by atoms with Crippen LogP contribution in [0.1, 0.15) is 0 Å². The van der Waals surface area contributed by atoms with Crippen LogP contribution in [0, 0.1) is 6.92 Å². The summed E-state index contributed by atoms with van der Waals surface area (Å²) in [7, 11) is 0. The van der Waals surface area contributed by atoms with E-state index >= 15 is 0 Å². The molecule has 0 saturated carbocycles. The van der Waals surface area contributed by atoms with Gasteiger partial charge >= 0.3 is 0 Å². The van der Waals surface area contributed by atoms with Crippen LogP contribution < -0.4 is 0 Å². The van der Waals surface area contributed by atoms with Gasteiger partial charge in [0.05, 0.1) is 0 Å². The van der Waals surface area contributed by atoms with Crippen molar-refractivity contribution in [2.45, 2.75) is 0 Å². The van der Waals surface area contributed by atoms with Gasteiger partial charge in [-0.15, -0.1) is 0 Å². The molecular formula is C3H4Cl. The molecule has 0 heterocycles. The Bertz CT molecular complexity index is 18.5. The van der Waals surface area contributed by atoms with E-state index < -0.39 is 0 Å². The standard InChI is InChI=1S/C3H4Cl/c1-2-3-4/h2-3H,1H2/b3-2+. The summed E-state index contributed by atoms with van der Waals surface area (Å²) in [6, 6.07) is 0. The van der Waals surface area contributed by atoms with Gasteiger partial charge in [-0.3, -0.25) is 0 Å². The van der Waals surface area contributed by atoms with E-state index in [2.05, 4.69) is 6.92 Å². The van der Waals surface area contributed by atoms with E-state index in [0.29, 0.717) is 0 Å². The molecule has 0 aromatic carbocycles. The molecule has 0 aliphatic rings. The molecule has 0 amide bonds. The molecule has 0 aromatic heterocycles. The van der Waals surface area contributed by atoms with Crippen LogP contribution >= 0.6 is 11.6 Å². The average molecular weight is 75.5 g/mol. The average Bonchev–Trinajstić information content (AvgIpc) is 1.37. The molecule has 0 rings (SSSR count). The number of allylic oxidation sites excluding steroid dienone is 1. The lowest BCUT2D eigenvalue weighted by atomic mass is 10.8. The van der Waals surface area contributed by atoms with Gasteiger partial charge in [0.2, 0.25) is 0 Å². The summed E-state index contributed by atoms with van der Waals surface area (Å²) in [4.78, 5) is 0. The molecule has 0 atom stereocenters. The lowest BCUT2D eigenvalue weighted by Crippen LogP contribution is -1.21. The molecule has 0 fully saturated rings. The van der Waals surface area contributed by atoms with Crippen molar-refractivity contribution in [2.24, 2.45) is 0 Å². The normalized spacial score (nSPS) is 9.50. The first-order valence-electron chi connectivity index (χ1n) is 0.960. The van der Waals surface area contributed by atoms with E-state index in [1.807, 2.05) is 0 Å². The van der Waals surface area contributed by atoms with Crippen molar-refractivity contribution in [2.75, 3.05) is 0 Å². The van der Waals surface area contributed by atoms with E-state index in [4.69, 9.17) is 11.6 Å². The molecule has 1 heteroatoms. The van der Waals surface area contributed by atoms with Crippen LogP contribution in [0.3, 0.4) is 0 Å². The summed E-state index contributed by atoms with van der Waals surface area (Å²) in [5.74, 6) is 0. The molecule has 0 aliphatic carbocycles. The van der Waals surface area contributed by atoms with Crippen molar-refractivity contribution in [3.63, 3.8) is 0 Å². The summed E-state index contributed by atoms with van der Waals surface area (Å²) < 4.78 is 0. The fraction of sp³-hybridized carbons (Fsp3) is 0. The van der Waals surface area contributed by atoms with Crippen LogP contribution in [-0.2, 0) is 0 Å². The summed E-state index contributed by atoms with van der Waals surface area (Å²) in [6.07, 6.45) is 1.52. The van der Waals surface area contributed by atoms with Crippen LogP contribution in [0.25, 0.3) is 0 Å². The Labute approximate surface area is 31.1 Å². The van der Waals surface area contributed by atoms with Crippen LogP contribution in [0.2, 0.25) is 0 Å². The SMILES string of the molecule is [CH2]/C=C/Cl. The maximum atomic E-state index is 4.94. The van der Waals surface area contributed by atoms with Crippen LogP contribution in [0.15, 0.2) is 11.6 Å². The van der Waals surface area contributed by atoms with Crippen molar-refractivity contribution in [1.82, 2.24) is 0 Å². The second-order valence-electron chi connectivity index (χ2n) is 0.362. The van der Waals surface area contributed by atoms with Crippen molar-refractivity contribution in [1.29, 1.82) is 0 Å². The third-order valence-corrected chi connectivity index (χ3v) is 0.267. The third-order valence-electron chi connectivity index (χ3n) is 0.0891. The molecule has 0 N–H and O–H groups in total. The fourth-order valence-electron chi connectivity index (χ4n) is 0. The zero-order valence-electron chi connectivity index (χ0n) is 2.24. The van der Waals surface area contributed by atoms with E-state index in [9.17, 15) is 0 Å². The van der Waals surface area contributed by atoms with Crippen LogP contribution in [-0.4, -0.2) is 0 Å². The highest BCUT2D eigenvalue weighted by Crippen LogP contribution is 1.70. The highest BCUT2D eigenvalue weighted by Gasteiger charge is 1.37. The molecule has 0 nitrogen and oxygen atoms in total. The second-order valence-corrected chi connectivity index (χ2v) is 0.614. The second kappa shape index (κ2) is 3.03. The maximum absolute atomic E-state index is 4.94. The molecule has 0 saturated heterocycles. The van der Waals surface area contributed by atoms with Gasteiger partial charge in [0, 0.05) is 5.54 Å². The molecule has 0 spiro atoms. The summed E-state index contributed by atoms with van der Waals surface area (Å²) >= 11 is 4.94. The Hall–Kier alpha value is 0.0300. The predicted octanol–water partition coefficient (Wildman–Crippen LogP) is 1.57. The van der Waals surface area contributed by atoms with E-state index in [0.717, 1.165) is 0 Å². The summed E-state index contributed by atoms with van der Waals surface area (Å²) in [5.41, 5.74) is 1.36. The fourth-order valence-corrected chi connectivity index (χ4v) is 0. The molecule has 23 valence electrons. The van der Waals surface area contributed by atoms with Crippen molar-refractivity contribution >= 4 is 11.6 Å². The van der Waals surface area contributed by atoms with Gasteiger partial charge < -0.3 is 0 Å². The maximum Gasteiger partial charge on any atom is 0.000256 e. The first-order valence-corrected chi connectivity index (χ1v) is 1.40. The van der Waals surface area contributed by atoms with Gasteiger partial charge in [0.1, 0.15) is 0 Å². The first-order chi connectivity index (χ1) is 1.91. The molecule has 0 unspecified atom stereocenters. The first kappa shape index (κ1) is 4.03. The summed E-state index contributed by atoms with van der Waals surface area (Å²) in [5, 5.41) is 0. The highest BCUT2D eigenvalue weighted by atomic mass is 35.5. The smallest absolute Gasteiger partial charge is 0.000256 e. The van der Waals surface area contributed by atoms with Gasteiger partial charge in [-0.2, -0.15) is 0 Å². The Morgan fingerprint density at radius 2 is 2.00 bits per heavy atom. The molecule has 0 aliphatic heterocycles. The molecule has 4 heavy (non-hydrogen) atoms. The molecule has 0 bridgehead atoms. The topological polar surface area (TPSA) is 0 Å². The Morgan fingerprint density at radius 1 is 1.75 bits per heavy atom. The Morgan fingerprint density at radius 3 is 2.00 bits per heavy atom. The van der Waals surface area contributed by atoms with Gasteiger partial charge in [0.25, 0.3) is 0 Å². The Kier molecular flexibility index (Phi) is 3.05. The van der Waals surface area contributed by atoms with Gasteiger partial charge in [-0.25, -0.2) is 0 Å².